The Morgan fingerprint density at radius 3 is 2.70 bits per heavy atom. The van der Waals surface area contributed by atoms with Crippen LogP contribution in [0.25, 0.3) is 11.5 Å². The topological polar surface area (TPSA) is 88.3 Å². The third kappa shape index (κ3) is 4.52. The molecule has 1 aliphatic heterocycles. The quantitative estimate of drug-likeness (QED) is 0.633. The second kappa shape index (κ2) is 8.67. The fourth-order valence-electron chi connectivity index (χ4n) is 3.32. The molecule has 2 aromatic carbocycles. The van der Waals surface area contributed by atoms with Crippen molar-refractivity contribution in [2.75, 3.05) is 16.8 Å². The lowest BCUT2D eigenvalue weighted by Gasteiger charge is -2.18. The highest BCUT2D eigenvalue weighted by Crippen LogP contribution is 2.31. The monoisotopic (exact) mass is 424 g/mol. The summed E-state index contributed by atoms with van der Waals surface area (Å²) in [5.74, 6) is 0.718. The number of nitrogens with zero attached hydrogens (tertiary/aromatic N) is 3. The summed E-state index contributed by atoms with van der Waals surface area (Å²) in [6.45, 7) is 2.67. The fraction of sp³-hybridized carbons (Fsp3) is 0.273. The van der Waals surface area contributed by atoms with Gasteiger partial charge in [-0.15, -0.1) is 10.2 Å². The first-order valence-corrected chi connectivity index (χ1v) is 10.2. The van der Waals surface area contributed by atoms with Gasteiger partial charge in [-0.3, -0.25) is 9.59 Å². The maximum absolute atomic E-state index is 12.3. The van der Waals surface area contributed by atoms with Gasteiger partial charge in [0.05, 0.1) is 10.7 Å². The van der Waals surface area contributed by atoms with E-state index in [2.05, 4.69) is 15.5 Å². The zero-order valence-corrected chi connectivity index (χ0v) is 17.3. The van der Waals surface area contributed by atoms with Crippen molar-refractivity contribution in [2.45, 2.75) is 32.6 Å². The Bertz CT molecular complexity index is 1080. The van der Waals surface area contributed by atoms with Crippen LogP contribution in [0.15, 0.2) is 46.9 Å². The Morgan fingerprint density at radius 2 is 2.00 bits per heavy atom. The molecule has 30 heavy (non-hydrogen) atoms. The molecule has 0 atom stereocenters. The molecule has 2 heterocycles. The van der Waals surface area contributed by atoms with E-state index < -0.39 is 0 Å². The van der Waals surface area contributed by atoms with Crippen LogP contribution in [-0.2, 0) is 16.0 Å². The van der Waals surface area contributed by atoms with Crippen LogP contribution in [0, 0.1) is 6.92 Å². The molecule has 1 aliphatic rings. The molecule has 8 heteroatoms. The molecule has 0 bridgehead atoms. The first-order chi connectivity index (χ1) is 14.5. The van der Waals surface area contributed by atoms with Gasteiger partial charge in [0.25, 0.3) is 0 Å². The molecule has 0 aliphatic carbocycles. The molecule has 1 N–H and O–H groups in total. The molecule has 1 saturated heterocycles. The molecule has 0 unspecified atom stereocenters. The van der Waals surface area contributed by atoms with Crippen molar-refractivity contribution in [3.63, 3.8) is 0 Å². The van der Waals surface area contributed by atoms with Gasteiger partial charge >= 0.3 is 0 Å². The predicted molar refractivity (Wildman–Crippen MR) is 114 cm³/mol. The zero-order valence-electron chi connectivity index (χ0n) is 16.5. The van der Waals surface area contributed by atoms with Gasteiger partial charge < -0.3 is 14.6 Å². The SMILES string of the molecule is Cc1ccc(-c2nnc(CCC(=O)Nc3ccc(N4CCCC4=O)c(Cl)c3)o2)cc1. The Labute approximate surface area is 179 Å². The van der Waals surface area contributed by atoms with Gasteiger partial charge in [-0.05, 0) is 43.7 Å². The Hall–Kier alpha value is -3.19. The highest BCUT2D eigenvalue weighted by Gasteiger charge is 2.23. The van der Waals surface area contributed by atoms with Crippen LogP contribution in [0.2, 0.25) is 5.02 Å². The van der Waals surface area contributed by atoms with Crippen LogP contribution in [0.4, 0.5) is 11.4 Å². The Kier molecular flexibility index (Phi) is 5.81. The second-order valence-electron chi connectivity index (χ2n) is 7.23. The third-order valence-corrected chi connectivity index (χ3v) is 5.23. The van der Waals surface area contributed by atoms with Gasteiger partial charge in [0.2, 0.25) is 23.6 Å². The highest BCUT2D eigenvalue weighted by molar-refractivity contribution is 6.34. The molecule has 3 aromatic rings. The van der Waals surface area contributed by atoms with Crippen LogP contribution >= 0.6 is 11.6 Å². The lowest BCUT2D eigenvalue weighted by atomic mass is 10.1. The Morgan fingerprint density at radius 1 is 1.20 bits per heavy atom. The van der Waals surface area contributed by atoms with Gasteiger partial charge in [-0.1, -0.05) is 29.3 Å². The number of anilines is 2. The van der Waals surface area contributed by atoms with E-state index in [1.165, 1.54) is 0 Å². The summed E-state index contributed by atoms with van der Waals surface area (Å²) in [5, 5.41) is 11.3. The van der Waals surface area contributed by atoms with Crippen LogP contribution in [0.3, 0.4) is 0 Å². The standard InChI is InChI=1S/C22H21ClN4O3/c1-14-4-6-15(7-5-14)22-26-25-20(30-22)11-10-19(28)24-16-8-9-18(17(23)13-16)27-12-2-3-21(27)29/h4-9,13H,2-3,10-12H2,1H3,(H,24,28). The summed E-state index contributed by atoms with van der Waals surface area (Å²) in [6, 6.07) is 12.9. The molecule has 7 nitrogen and oxygen atoms in total. The molecule has 0 spiro atoms. The largest absolute Gasteiger partial charge is 0.421 e. The van der Waals surface area contributed by atoms with Crippen molar-refractivity contribution in [2.24, 2.45) is 0 Å². The summed E-state index contributed by atoms with van der Waals surface area (Å²) >= 11 is 6.32. The fourth-order valence-corrected chi connectivity index (χ4v) is 3.60. The van der Waals surface area contributed by atoms with E-state index >= 15 is 0 Å². The van der Waals surface area contributed by atoms with Gasteiger partial charge in [-0.2, -0.15) is 0 Å². The maximum atomic E-state index is 12.3. The number of aromatic nitrogens is 2. The Balaban J connectivity index is 1.33. The van der Waals surface area contributed by atoms with Gasteiger partial charge in [0, 0.05) is 37.1 Å². The lowest BCUT2D eigenvalue weighted by Crippen LogP contribution is -2.24. The third-order valence-electron chi connectivity index (χ3n) is 4.93. The van der Waals surface area contributed by atoms with Crippen molar-refractivity contribution in [3.05, 3.63) is 58.9 Å². The minimum atomic E-state index is -0.189. The zero-order chi connectivity index (χ0) is 21.1. The molecule has 0 radical (unpaired) electrons. The average molecular weight is 425 g/mol. The number of carbonyl (C=O) groups excluding carboxylic acids is 2. The van der Waals surface area contributed by atoms with E-state index in [1.54, 1.807) is 23.1 Å². The molecule has 1 aromatic heterocycles. The number of aryl methyl sites for hydroxylation is 2. The second-order valence-corrected chi connectivity index (χ2v) is 7.64. The number of hydrogen-bond donors (Lipinski definition) is 1. The van der Waals surface area contributed by atoms with Crippen LogP contribution < -0.4 is 10.2 Å². The number of carbonyl (C=O) groups is 2. The smallest absolute Gasteiger partial charge is 0.247 e. The number of nitrogens with one attached hydrogen (secondary N) is 1. The summed E-state index contributed by atoms with van der Waals surface area (Å²) in [5.41, 5.74) is 3.24. The van der Waals surface area contributed by atoms with E-state index in [-0.39, 0.29) is 18.2 Å². The van der Waals surface area contributed by atoms with Gasteiger partial charge in [0.1, 0.15) is 0 Å². The number of rotatable bonds is 6. The summed E-state index contributed by atoms with van der Waals surface area (Å²) in [7, 11) is 0. The molecular weight excluding hydrogens is 404 g/mol. The molecule has 1 fully saturated rings. The molecular formula is C22H21ClN4O3. The van der Waals surface area contributed by atoms with Gasteiger partial charge in [0.15, 0.2) is 0 Å². The molecule has 2 amide bonds. The number of halogens is 1. The molecule has 154 valence electrons. The first kappa shape index (κ1) is 20.1. The van der Waals surface area contributed by atoms with Crippen molar-refractivity contribution in [1.82, 2.24) is 10.2 Å². The summed E-state index contributed by atoms with van der Waals surface area (Å²) in [4.78, 5) is 25.9. The van der Waals surface area contributed by atoms with Crippen LogP contribution in [0.1, 0.15) is 30.7 Å². The van der Waals surface area contributed by atoms with Crippen molar-refractivity contribution in [1.29, 1.82) is 0 Å². The van der Waals surface area contributed by atoms with E-state index in [4.69, 9.17) is 16.0 Å². The predicted octanol–water partition coefficient (Wildman–Crippen LogP) is 4.40. The van der Waals surface area contributed by atoms with Crippen molar-refractivity contribution < 1.29 is 14.0 Å². The first-order valence-electron chi connectivity index (χ1n) is 9.79. The van der Waals surface area contributed by atoms with E-state index in [0.717, 1.165) is 17.5 Å². The van der Waals surface area contributed by atoms with Crippen molar-refractivity contribution in [3.8, 4) is 11.5 Å². The van der Waals surface area contributed by atoms with E-state index in [9.17, 15) is 9.59 Å². The van der Waals surface area contributed by atoms with E-state index in [1.807, 2.05) is 31.2 Å². The highest BCUT2D eigenvalue weighted by atomic mass is 35.5. The lowest BCUT2D eigenvalue weighted by molar-refractivity contribution is -0.117. The van der Waals surface area contributed by atoms with Crippen LogP contribution in [0.5, 0.6) is 0 Å². The van der Waals surface area contributed by atoms with Crippen LogP contribution in [-0.4, -0.2) is 28.6 Å². The normalized spacial score (nSPS) is 13.7. The maximum Gasteiger partial charge on any atom is 0.247 e. The molecule has 4 rings (SSSR count). The average Bonchev–Trinajstić information content (AvgIpc) is 3.36. The summed E-state index contributed by atoms with van der Waals surface area (Å²) in [6.07, 6.45) is 1.89. The molecule has 0 saturated carbocycles. The van der Waals surface area contributed by atoms with Crippen molar-refractivity contribution >= 4 is 34.8 Å². The number of benzene rings is 2. The summed E-state index contributed by atoms with van der Waals surface area (Å²) < 4.78 is 5.65. The minimum Gasteiger partial charge on any atom is -0.421 e. The number of hydrogen-bond acceptors (Lipinski definition) is 5. The number of amides is 2. The van der Waals surface area contributed by atoms with E-state index in [0.29, 0.717) is 47.6 Å². The minimum absolute atomic E-state index is 0.0678. The van der Waals surface area contributed by atoms with Gasteiger partial charge in [-0.25, -0.2) is 0 Å².